The van der Waals surface area contributed by atoms with Crippen LogP contribution in [0.3, 0.4) is 0 Å². The number of benzene rings is 1. The van der Waals surface area contributed by atoms with E-state index in [1.807, 2.05) is 7.05 Å². The minimum Gasteiger partial charge on any atom is -0.371 e. The van der Waals surface area contributed by atoms with Crippen molar-refractivity contribution in [3.63, 3.8) is 0 Å². The second-order valence-electron chi connectivity index (χ2n) is 4.80. The number of anilines is 1. The molecule has 0 heterocycles. The Morgan fingerprint density at radius 1 is 1.39 bits per heavy atom. The summed E-state index contributed by atoms with van der Waals surface area (Å²) in [5.41, 5.74) is 1.83. The summed E-state index contributed by atoms with van der Waals surface area (Å²) >= 11 is 5.89. The minimum atomic E-state index is -0.397. The highest BCUT2D eigenvalue weighted by Gasteiger charge is 2.18. The summed E-state index contributed by atoms with van der Waals surface area (Å²) in [6.45, 7) is 6.42. The molecule has 4 nitrogen and oxygen atoms in total. The molecule has 0 radical (unpaired) electrons. The zero-order valence-corrected chi connectivity index (χ0v) is 11.9. The second-order valence-corrected chi connectivity index (χ2v) is 5.07. The molecule has 0 amide bonds. The van der Waals surface area contributed by atoms with Gasteiger partial charge in [0.2, 0.25) is 0 Å². The van der Waals surface area contributed by atoms with Crippen LogP contribution in [0.1, 0.15) is 26.3 Å². The van der Waals surface area contributed by atoms with Crippen LogP contribution in [0, 0.1) is 16.0 Å². The highest BCUT2D eigenvalue weighted by Crippen LogP contribution is 2.28. The minimum absolute atomic E-state index is 0.0833. The fourth-order valence-corrected chi connectivity index (χ4v) is 2.02. The molecule has 0 aromatic heterocycles. The maximum absolute atomic E-state index is 10.7. The van der Waals surface area contributed by atoms with Crippen molar-refractivity contribution in [2.75, 3.05) is 11.9 Å². The predicted octanol–water partition coefficient (Wildman–Crippen LogP) is 3.81. The molecule has 0 aliphatic heterocycles. The average Bonchev–Trinajstić information content (AvgIpc) is 2.35. The third-order valence-electron chi connectivity index (χ3n) is 3.37. The van der Waals surface area contributed by atoms with Crippen LogP contribution in [0.5, 0.6) is 0 Å². The number of non-ortho nitro benzene ring substituents is 1. The van der Waals surface area contributed by atoms with Crippen molar-refractivity contribution in [1.29, 1.82) is 0 Å². The van der Waals surface area contributed by atoms with E-state index in [2.05, 4.69) is 25.7 Å². The summed E-state index contributed by atoms with van der Waals surface area (Å²) in [5.74, 6) is 0.764. The van der Waals surface area contributed by atoms with Gasteiger partial charge in [-0.05, 0) is 24.5 Å². The largest absolute Gasteiger partial charge is 0.371 e. The van der Waals surface area contributed by atoms with Gasteiger partial charge in [-0.15, -0.1) is 11.6 Å². The van der Waals surface area contributed by atoms with Crippen LogP contribution in [0.4, 0.5) is 11.4 Å². The summed E-state index contributed by atoms with van der Waals surface area (Å²) < 4.78 is 0. The molecule has 1 aromatic carbocycles. The fourth-order valence-electron chi connectivity index (χ4n) is 1.80. The van der Waals surface area contributed by atoms with Gasteiger partial charge in [-0.1, -0.05) is 13.8 Å². The van der Waals surface area contributed by atoms with Crippen molar-refractivity contribution in [3.05, 3.63) is 33.9 Å². The van der Waals surface area contributed by atoms with E-state index in [0.29, 0.717) is 12.0 Å². The van der Waals surface area contributed by atoms with Crippen molar-refractivity contribution in [1.82, 2.24) is 0 Å². The lowest BCUT2D eigenvalue weighted by Crippen LogP contribution is -2.33. The van der Waals surface area contributed by atoms with Crippen molar-refractivity contribution < 1.29 is 4.92 Å². The van der Waals surface area contributed by atoms with Crippen molar-refractivity contribution in [3.8, 4) is 0 Å². The van der Waals surface area contributed by atoms with Crippen LogP contribution in [0.25, 0.3) is 0 Å². The maximum atomic E-state index is 10.7. The number of halogens is 1. The van der Waals surface area contributed by atoms with Gasteiger partial charge in [-0.2, -0.15) is 0 Å². The highest BCUT2D eigenvalue weighted by molar-refractivity contribution is 6.17. The van der Waals surface area contributed by atoms with Crippen molar-refractivity contribution in [2.45, 2.75) is 32.7 Å². The molecule has 0 saturated heterocycles. The van der Waals surface area contributed by atoms with E-state index < -0.39 is 4.92 Å². The lowest BCUT2D eigenvalue weighted by Gasteiger charge is -2.31. The number of alkyl halides is 1. The van der Waals surface area contributed by atoms with E-state index in [-0.39, 0.29) is 11.6 Å². The van der Waals surface area contributed by atoms with Crippen LogP contribution in [0.2, 0.25) is 0 Å². The molecule has 0 N–H and O–H groups in total. The van der Waals surface area contributed by atoms with Crippen molar-refractivity contribution >= 4 is 23.0 Å². The van der Waals surface area contributed by atoms with Gasteiger partial charge in [0.1, 0.15) is 0 Å². The van der Waals surface area contributed by atoms with Gasteiger partial charge in [0.15, 0.2) is 0 Å². The van der Waals surface area contributed by atoms with Gasteiger partial charge in [0.05, 0.1) is 4.92 Å². The second kappa shape index (κ2) is 6.05. The third-order valence-corrected chi connectivity index (χ3v) is 3.66. The number of hydrogen-bond acceptors (Lipinski definition) is 3. The van der Waals surface area contributed by atoms with Crippen molar-refractivity contribution in [2.24, 2.45) is 5.92 Å². The van der Waals surface area contributed by atoms with Gasteiger partial charge in [-0.3, -0.25) is 10.1 Å². The number of hydrogen-bond donors (Lipinski definition) is 0. The first-order chi connectivity index (χ1) is 8.38. The quantitative estimate of drug-likeness (QED) is 0.464. The first-order valence-corrected chi connectivity index (χ1v) is 6.48. The summed E-state index contributed by atoms with van der Waals surface area (Å²) in [7, 11) is 1.99. The van der Waals surface area contributed by atoms with Crippen LogP contribution in [-0.2, 0) is 5.88 Å². The topological polar surface area (TPSA) is 46.4 Å². The first kappa shape index (κ1) is 14.8. The van der Waals surface area contributed by atoms with Crippen LogP contribution < -0.4 is 4.90 Å². The molecule has 5 heteroatoms. The Labute approximate surface area is 113 Å². The average molecular weight is 271 g/mol. The summed E-state index contributed by atoms with van der Waals surface area (Å²) in [6, 6.07) is 5.18. The third kappa shape index (κ3) is 3.13. The molecule has 18 heavy (non-hydrogen) atoms. The van der Waals surface area contributed by atoms with Gasteiger partial charge < -0.3 is 4.90 Å². The normalized spacial score (nSPS) is 12.6. The number of nitro groups is 1. The number of rotatable bonds is 5. The van der Waals surface area contributed by atoms with E-state index in [1.165, 1.54) is 6.07 Å². The van der Waals surface area contributed by atoms with Gasteiger partial charge >= 0.3 is 0 Å². The molecule has 1 atom stereocenters. The van der Waals surface area contributed by atoms with E-state index in [4.69, 9.17) is 11.6 Å². The molecule has 1 aromatic rings. The molecular weight excluding hydrogens is 252 g/mol. The van der Waals surface area contributed by atoms with E-state index in [0.717, 1.165) is 11.3 Å². The monoisotopic (exact) mass is 270 g/mol. The standard InChI is InChI=1S/C13H19ClN2O2/c1-9(2)10(3)15(4)13-6-5-12(16(17)18)7-11(13)8-14/h5-7,9-10H,8H2,1-4H3. The van der Waals surface area contributed by atoms with Crippen LogP contribution >= 0.6 is 11.6 Å². The molecular formula is C13H19ClN2O2. The zero-order valence-electron chi connectivity index (χ0n) is 11.2. The molecule has 1 unspecified atom stereocenters. The Morgan fingerprint density at radius 2 is 2.00 bits per heavy atom. The maximum Gasteiger partial charge on any atom is 0.269 e. The molecule has 0 spiro atoms. The Hall–Kier alpha value is -1.29. The zero-order chi connectivity index (χ0) is 13.9. The predicted molar refractivity (Wildman–Crippen MR) is 75.4 cm³/mol. The lowest BCUT2D eigenvalue weighted by molar-refractivity contribution is -0.384. The molecule has 0 aliphatic rings. The van der Waals surface area contributed by atoms with Gasteiger partial charge in [-0.25, -0.2) is 0 Å². The van der Waals surface area contributed by atoms with Crippen LogP contribution in [-0.4, -0.2) is 18.0 Å². The van der Waals surface area contributed by atoms with Gasteiger partial charge in [0.25, 0.3) is 5.69 Å². The Kier molecular flexibility index (Phi) is 4.96. The van der Waals surface area contributed by atoms with Gasteiger partial charge in [0, 0.05) is 36.8 Å². The summed E-state index contributed by atoms with van der Waals surface area (Å²) in [6.07, 6.45) is 0. The SMILES string of the molecule is CC(C)C(C)N(C)c1ccc([N+](=O)[O-])cc1CCl. The van der Waals surface area contributed by atoms with E-state index >= 15 is 0 Å². The fraction of sp³-hybridized carbons (Fsp3) is 0.538. The number of nitro benzene ring substituents is 1. The molecule has 100 valence electrons. The first-order valence-electron chi connectivity index (χ1n) is 5.94. The summed E-state index contributed by atoms with van der Waals surface area (Å²) in [5, 5.41) is 10.7. The Bertz CT molecular complexity index is 435. The van der Waals surface area contributed by atoms with E-state index in [1.54, 1.807) is 12.1 Å². The Balaban J connectivity index is 3.13. The lowest BCUT2D eigenvalue weighted by atomic mass is 10.0. The summed E-state index contributed by atoms with van der Waals surface area (Å²) in [4.78, 5) is 12.5. The molecule has 0 bridgehead atoms. The van der Waals surface area contributed by atoms with E-state index in [9.17, 15) is 10.1 Å². The smallest absolute Gasteiger partial charge is 0.269 e. The highest BCUT2D eigenvalue weighted by atomic mass is 35.5. The molecule has 0 fully saturated rings. The Morgan fingerprint density at radius 3 is 2.44 bits per heavy atom. The molecule has 0 saturated carbocycles. The molecule has 0 aliphatic carbocycles. The van der Waals surface area contributed by atoms with Crippen LogP contribution in [0.15, 0.2) is 18.2 Å². The molecule has 1 rings (SSSR count). The number of nitrogens with zero attached hydrogens (tertiary/aromatic N) is 2.